The van der Waals surface area contributed by atoms with E-state index in [-0.39, 0.29) is 0 Å². The fraction of sp³-hybridized carbons (Fsp3) is 0.692. The van der Waals surface area contributed by atoms with Gasteiger partial charge in [0.25, 0.3) is 0 Å². The highest BCUT2D eigenvalue weighted by Gasteiger charge is 2.26. The van der Waals surface area contributed by atoms with E-state index in [4.69, 9.17) is 0 Å². The van der Waals surface area contributed by atoms with Crippen LogP contribution in [0.15, 0.2) is 15.2 Å². The minimum absolute atomic E-state index is 0.435. The molecule has 1 saturated heterocycles. The number of halogens is 1. The summed E-state index contributed by atoms with van der Waals surface area (Å²) in [5, 5.41) is 7.87. The van der Waals surface area contributed by atoms with Gasteiger partial charge in [-0.3, -0.25) is 0 Å². The Morgan fingerprint density at radius 2 is 2.22 bits per heavy atom. The van der Waals surface area contributed by atoms with Crippen molar-refractivity contribution < 1.29 is 0 Å². The number of nitrogens with zero attached hydrogens (tertiary/aromatic N) is 2. The lowest BCUT2D eigenvalue weighted by atomic mass is 9.99. The molecule has 0 saturated carbocycles. The maximum absolute atomic E-state index is 3.65. The molecule has 1 fully saturated rings. The van der Waals surface area contributed by atoms with Crippen molar-refractivity contribution in [1.29, 1.82) is 0 Å². The summed E-state index contributed by atoms with van der Waals surface area (Å²) in [5.74, 6) is 0. The van der Waals surface area contributed by atoms with E-state index in [2.05, 4.69) is 62.9 Å². The molecule has 1 aliphatic rings. The van der Waals surface area contributed by atoms with Crippen LogP contribution in [0.1, 0.15) is 18.0 Å². The molecule has 0 aromatic carbocycles. The summed E-state index contributed by atoms with van der Waals surface area (Å²) in [4.78, 5) is 4.92. The zero-order chi connectivity index (χ0) is 13.1. The van der Waals surface area contributed by atoms with Crippen LogP contribution in [-0.2, 0) is 0 Å². The number of hydrogen-bond acceptors (Lipinski definition) is 4. The van der Waals surface area contributed by atoms with Crippen LogP contribution in [0.3, 0.4) is 0 Å². The molecule has 1 aliphatic heterocycles. The molecule has 0 bridgehead atoms. The number of hydrogen-bond donors (Lipinski definition) is 1. The highest BCUT2D eigenvalue weighted by molar-refractivity contribution is 9.10. The Hall–Kier alpha value is 0.0600. The molecule has 102 valence electrons. The molecule has 2 atom stereocenters. The molecular formula is C13H22BrN3S. The smallest absolute Gasteiger partial charge is 0.0352 e. The van der Waals surface area contributed by atoms with E-state index in [1.165, 1.54) is 23.1 Å². The minimum atomic E-state index is 0.435. The van der Waals surface area contributed by atoms with Crippen LogP contribution >= 0.6 is 27.3 Å². The van der Waals surface area contributed by atoms with Gasteiger partial charge in [-0.25, -0.2) is 0 Å². The number of nitrogens with one attached hydrogen (secondary N) is 1. The number of likely N-dealkylation sites (N-methyl/N-ethyl adjacent to an activating group) is 2. The van der Waals surface area contributed by atoms with E-state index in [1.807, 2.05) is 0 Å². The molecule has 0 spiro atoms. The van der Waals surface area contributed by atoms with Gasteiger partial charge in [0, 0.05) is 41.6 Å². The van der Waals surface area contributed by atoms with E-state index in [1.54, 1.807) is 11.3 Å². The summed E-state index contributed by atoms with van der Waals surface area (Å²) in [6.07, 6.45) is 1.16. The van der Waals surface area contributed by atoms with Crippen LogP contribution in [0.25, 0.3) is 0 Å². The predicted octanol–water partition coefficient (Wildman–Crippen LogP) is 2.41. The molecule has 1 aromatic rings. The molecule has 0 amide bonds. The zero-order valence-electron chi connectivity index (χ0n) is 11.3. The molecule has 1 N–H and O–H groups in total. The lowest BCUT2D eigenvalue weighted by Crippen LogP contribution is -2.50. The largest absolute Gasteiger partial charge is 0.313 e. The van der Waals surface area contributed by atoms with Crippen molar-refractivity contribution in [2.75, 3.05) is 40.8 Å². The monoisotopic (exact) mass is 331 g/mol. The minimum Gasteiger partial charge on any atom is -0.313 e. The molecule has 5 heteroatoms. The Bertz CT molecular complexity index is 382. The second-order valence-electron chi connectivity index (χ2n) is 5.15. The number of rotatable bonds is 4. The van der Waals surface area contributed by atoms with Crippen molar-refractivity contribution in [3.8, 4) is 0 Å². The Balaban J connectivity index is 2.04. The zero-order valence-corrected chi connectivity index (χ0v) is 13.7. The van der Waals surface area contributed by atoms with Gasteiger partial charge >= 0.3 is 0 Å². The van der Waals surface area contributed by atoms with Crippen molar-refractivity contribution in [2.24, 2.45) is 0 Å². The van der Waals surface area contributed by atoms with Crippen LogP contribution in [-0.4, -0.2) is 56.6 Å². The lowest BCUT2D eigenvalue weighted by molar-refractivity contribution is 0.102. The summed E-state index contributed by atoms with van der Waals surface area (Å²) in [6.45, 7) is 3.51. The summed E-state index contributed by atoms with van der Waals surface area (Å²) >= 11 is 5.41. The van der Waals surface area contributed by atoms with Crippen molar-refractivity contribution >= 4 is 27.3 Å². The summed E-state index contributed by atoms with van der Waals surface area (Å²) < 4.78 is 1.23. The first-order valence-electron chi connectivity index (χ1n) is 6.39. The summed E-state index contributed by atoms with van der Waals surface area (Å²) in [7, 11) is 6.52. The Morgan fingerprint density at radius 3 is 2.83 bits per heavy atom. The van der Waals surface area contributed by atoms with Gasteiger partial charge in [0.1, 0.15) is 0 Å². The highest BCUT2D eigenvalue weighted by Crippen LogP contribution is 2.30. The third-order valence-corrected chi connectivity index (χ3v) is 5.61. The standard InChI is InChI=1S/C13H22BrN3S/c1-15-13(11-8-18-9-12(11)14)6-10-7-16(2)4-5-17(10)3/h8-10,13,15H,4-7H2,1-3H3. The second kappa shape index (κ2) is 6.48. The highest BCUT2D eigenvalue weighted by atomic mass is 79.9. The van der Waals surface area contributed by atoms with Crippen molar-refractivity contribution in [3.05, 3.63) is 20.8 Å². The average Bonchev–Trinajstić information content (AvgIpc) is 2.77. The maximum Gasteiger partial charge on any atom is 0.0352 e. The summed E-state index contributed by atoms with van der Waals surface area (Å²) in [6, 6.07) is 1.07. The Kier molecular flexibility index (Phi) is 5.21. The molecule has 0 radical (unpaired) electrons. The topological polar surface area (TPSA) is 18.5 Å². The van der Waals surface area contributed by atoms with Crippen LogP contribution in [0, 0.1) is 0 Å². The first kappa shape index (κ1) is 14.5. The van der Waals surface area contributed by atoms with Crippen LogP contribution in [0.2, 0.25) is 0 Å². The SMILES string of the molecule is CNC(CC1CN(C)CCN1C)c1cscc1Br. The molecule has 3 nitrogen and oxygen atoms in total. The van der Waals surface area contributed by atoms with Gasteiger partial charge in [-0.05, 0) is 54.4 Å². The quantitative estimate of drug-likeness (QED) is 0.914. The molecule has 2 rings (SSSR count). The van der Waals surface area contributed by atoms with E-state index in [9.17, 15) is 0 Å². The van der Waals surface area contributed by atoms with Crippen molar-refractivity contribution in [3.63, 3.8) is 0 Å². The third-order valence-electron chi connectivity index (χ3n) is 3.85. The molecule has 1 aromatic heterocycles. The van der Waals surface area contributed by atoms with Crippen molar-refractivity contribution in [2.45, 2.75) is 18.5 Å². The van der Waals surface area contributed by atoms with Crippen LogP contribution in [0.5, 0.6) is 0 Å². The van der Waals surface area contributed by atoms with Gasteiger partial charge in [-0.1, -0.05) is 0 Å². The predicted molar refractivity (Wildman–Crippen MR) is 82.4 cm³/mol. The maximum atomic E-state index is 3.65. The molecule has 18 heavy (non-hydrogen) atoms. The van der Waals surface area contributed by atoms with Gasteiger partial charge in [-0.15, -0.1) is 0 Å². The molecule has 2 heterocycles. The first-order chi connectivity index (χ1) is 8.61. The summed E-state index contributed by atoms with van der Waals surface area (Å²) in [5.41, 5.74) is 1.39. The number of piperazine rings is 1. The first-order valence-corrected chi connectivity index (χ1v) is 8.13. The van der Waals surface area contributed by atoms with Gasteiger partial charge in [-0.2, -0.15) is 11.3 Å². The van der Waals surface area contributed by atoms with E-state index in [0.29, 0.717) is 12.1 Å². The fourth-order valence-electron chi connectivity index (χ4n) is 2.57. The molecular weight excluding hydrogens is 310 g/mol. The van der Waals surface area contributed by atoms with E-state index in [0.717, 1.165) is 13.0 Å². The van der Waals surface area contributed by atoms with E-state index < -0.39 is 0 Å². The lowest BCUT2D eigenvalue weighted by Gasteiger charge is -2.39. The molecule has 2 unspecified atom stereocenters. The Labute approximate surface area is 122 Å². The average molecular weight is 332 g/mol. The van der Waals surface area contributed by atoms with E-state index >= 15 is 0 Å². The normalized spacial score (nSPS) is 24.3. The van der Waals surface area contributed by atoms with Gasteiger partial charge in [0.15, 0.2) is 0 Å². The fourth-order valence-corrected chi connectivity index (χ4v) is 4.20. The van der Waals surface area contributed by atoms with Gasteiger partial charge in [0.2, 0.25) is 0 Å². The van der Waals surface area contributed by atoms with Crippen molar-refractivity contribution in [1.82, 2.24) is 15.1 Å². The van der Waals surface area contributed by atoms with Gasteiger partial charge < -0.3 is 15.1 Å². The third kappa shape index (κ3) is 3.33. The van der Waals surface area contributed by atoms with Crippen LogP contribution in [0.4, 0.5) is 0 Å². The molecule has 0 aliphatic carbocycles. The van der Waals surface area contributed by atoms with Crippen LogP contribution < -0.4 is 5.32 Å². The second-order valence-corrected chi connectivity index (χ2v) is 6.75. The Morgan fingerprint density at radius 1 is 1.44 bits per heavy atom. The number of thiophene rings is 1. The van der Waals surface area contributed by atoms with Gasteiger partial charge in [0.05, 0.1) is 0 Å².